The van der Waals surface area contributed by atoms with Gasteiger partial charge in [0.15, 0.2) is 17.5 Å². The number of hydrogen-bond acceptors (Lipinski definition) is 2. The van der Waals surface area contributed by atoms with Crippen molar-refractivity contribution in [3.05, 3.63) is 42.1 Å². The molecule has 2 rings (SSSR count). The van der Waals surface area contributed by atoms with Gasteiger partial charge in [0.2, 0.25) is 0 Å². The minimum Gasteiger partial charge on any atom is -0.472 e. The smallest absolute Gasteiger partial charge is 0.197 e. The molecule has 2 aromatic rings. The van der Waals surface area contributed by atoms with E-state index in [1.54, 1.807) is 0 Å². The van der Waals surface area contributed by atoms with Crippen molar-refractivity contribution in [2.75, 3.05) is 5.73 Å². The zero-order chi connectivity index (χ0) is 11.0. The molecule has 5 heteroatoms. The molecule has 1 aromatic carbocycles. The maximum Gasteiger partial charge on any atom is 0.197 e. The molecule has 0 saturated heterocycles. The van der Waals surface area contributed by atoms with Gasteiger partial charge in [-0.25, -0.2) is 13.2 Å². The lowest BCUT2D eigenvalue weighted by molar-refractivity contribution is 0.451. The fraction of sp³-hybridized carbons (Fsp3) is 0. The Hall–Kier alpha value is -1.91. The third-order valence-corrected chi connectivity index (χ3v) is 2.01. The Morgan fingerprint density at radius 2 is 1.80 bits per heavy atom. The molecule has 0 aliphatic heterocycles. The van der Waals surface area contributed by atoms with Gasteiger partial charge in [0.05, 0.1) is 18.2 Å². The lowest BCUT2D eigenvalue weighted by Gasteiger charge is -2.04. The number of nitrogens with two attached hydrogens (primary N) is 1. The molecule has 2 nitrogen and oxygen atoms in total. The van der Waals surface area contributed by atoms with Crippen LogP contribution in [0.1, 0.15) is 0 Å². The number of furan rings is 1. The molecule has 0 amide bonds. The Labute approximate surface area is 83.1 Å². The first-order valence-electron chi connectivity index (χ1n) is 4.07. The van der Waals surface area contributed by atoms with Gasteiger partial charge in [-0.1, -0.05) is 0 Å². The van der Waals surface area contributed by atoms with Crippen LogP contribution in [-0.2, 0) is 0 Å². The number of anilines is 1. The average molecular weight is 213 g/mol. The number of hydrogen-bond donors (Lipinski definition) is 1. The van der Waals surface area contributed by atoms with E-state index in [1.807, 2.05) is 0 Å². The van der Waals surface area contributed by atoms with E-state index < -0.39 is 23.1 Å². The van der Waals surface area contributed by atoms with Crippen LogP contribution in [-0.4, -0.2) is 0 Å². The van der Waals surface area contributed by atoms with Crippen molar-refractivity contribution >= 4 is 5.69 Å². The average Bonchev–Trinajstić information content (AvgIpc) is 2.73. The summed E-state index contributed by atoms with van der Waals surface area (Å²) >= 11 is 0. The molecule has 1 heterocycles. The van der Waals surface area contributed by atoms with E-state index in [4.69, 9.17) is 10.2 Å². The summed E-state index contributed by atoms with van der Waals surface area (Å²) in [6.07, 6.45) is 2.52. The molecular formula is C10H6F3NO. The van der Waals surface area contributed by atoms with Crippen molar-refractivity contribution in [3.8, 4) is 11.1 Å². The summed E-state index contributed by atoms with van der Waals surface area (Å²) in [4.78, 5) is 0. The second kappa shape index (κ2) is 3.34. The summed E-state index contributed by atoms with van der Waals surface area (Å²) in [5.74, 6) is -4.23. The van der Waals surface area contributed by atoms with Crippen molar-refractivity contribution in [1.29, 1.82) is 0 Å². The Morgan fingerprint density at radius 3 is 2.40 bits per heavy atom. The van der Waals surface area contributed by atoms with Gasteiger partial charge in [-0.15, -0.1) is 0 Å². The van der Waals surface area contributed by atoms with Crippen LogP contribution in [0.2, 0.25) is 0 Å². The monoisotopic (exact) mass is 213 g/mol. The molecule has 78 valence electrons. The Morgan fingerprint density at radius 1 is 1.07 bits per heavy atom. The molecule has 0 fully saturated rings. The number of halogens is 3. The quantitative estimate of drug-likeness (QED) is 0.584. The third-order valence-electron chi connectivity index (χ3n) is 2.01. The van der Waals surface area contributed by atoms with Gasteiger partial charge in [-0.2, -0.15) is 0 Å². The van der Waals surface area contributed by atoms with Gasteiger partial charge in [-0.3, -0.25) is 0 Å². The first-order chi connectivity index (χ1) is 7.11. The zero-order valence-corrected chi connectivity index (χ0v) is 7.43. The molecule has 0 atom stereocenters. The van der Waals surface area contributed by atoms with Crippen LogP contribution in [0.4, 0.5) is 18.9 Å². The van der Waals surface area contributed by atoms with Gasteiger partial charge in [0.1, 0.15) is 0 Å². The van der Waals surface area contributed by atoms with E-state index in [2.05, 4.69) is 0 Å². The fourth-order valence-electron chi connectivity index (χ4n) is 1.25. The van der Waals surface area contributed by atoms with Gasteiger partial charge in [0.25, 0.3) is 0 Å². The summed E-state index contributed by atoms with van der Waals surface area (Å²) in [6, 6.07) is 2.45. The Balaban J connectivity index is 2.69. The second-order valence-electron chi connectivity index (χ2n) is 2.97. The minimum atomic E-state index is -1.58. The molecular weight excluding hydrogens is 207 g/mol. The van der Waals surface area contributed by atoms with Crippen molar-refractivity contribution in [2.24, 2.45) is 0 Å². The second-order valence-corrected chi connectivity index (χ2v) is 2.97. The summed E-state index contributed by atoms with van der Waals surface area (Å²) < 4.78 is 43.8. The molecule has 0 radical (unpaired) electrons. The first-order valence-corrected chi connectivity index (χ1v) is 4.07. The largest absolute Gasteiger partial charge is 0.472 e. The summed E-state index contributed by atoms with van der Waals surface area (Å²) in [5, 5.41) is 0. The molecule has 0 bridgehead atoms. The molecule has 0 aliphatic carbocycles. The van der Waals surface area contributed by atoms with Crippen LogP contribution in [0.3, 0.4) is 0 Å². The SMILES string of the molecule is Nc1cc(-c2ccoc2)c(F)c(F)c1F. The van der Waals surface area contributed by atoms with Crippen molar-refractivity contribution < 1.29 is 17.6 Å². The topological polar surface area (TPSA) is 39.2 Å². The van der Waals surface area contributed by atoms with Crippen LogP contribution in [0, 0.1) is 17.5 Å². The van der Waals surface area contributed by atoms with Gasteiger partial charge < -0.3 is 10.2 Å². The van der Waals surface area contributed by atoms with Crippen LogP contribution < -0.4 is 5.73 Å². The fourth-order valence-corrected chi connectivity index (χ4v) is 1.25. The molecule has 2 N–H and O–H groups in total. The number of benzene rings is 1. The van der Waals surface area contributed by atoms with Crippen LogP contribution in [0.25, 0.3) is 11.1 Å². The van der Waals surface area contributed by atoms with E-state index in [0.717, 1.165) is 6.07 Å². The van der Waals surface area contributed by atoms with Crippen LogP contribution in [0.5, 0.6) is 0 Å². The van der Waals surface area contributed by atoms with Crippen molar-refractivity contribution in [1.82, 2.24) is 0 Å². The maximum atomic E-state index is 13.3. The van der Waals surface area contributed by atoms with E-state index in [-0.39, 0.29) is 5.56 Å². The minimum absolute atomic E-state index is 0.125. The molecule has 0 unspecified atom stereocenters. The van der Waals surface area contributed by atoms with Gasteiger partial charge in [0, 0.05) is 11.1 Å². The molecule has 15 heavy (non-hydrogen) atoms. The van der Waals surface area contributed by atoms with Crippen molar-refractivity contribution in [2.45, 2.75) is 0 Å². The van der Waals surface area contributed by atoms with Crippen LogP contribution in [0.15, 0.2) is 29.1 Å². The highest BCUT2D eigenvalue weighted by Gasteiger charge is 2.18. The first kappa shape index (κ1) is 9.64. The predicted molar refractivity (Wildman–Crippen MR) is 48.4 cm³/mol. The van der Waals surface area contributed by atoms with E-state index in [1.165, 1.54) is 18.6 Å². The third kappa shape index (κ3) is 1.45. The van der Waals surface area contributed by atoms with Crippen molar-refractivity contribution in [3.63, 3.8) is 0 Å². The Kier molecular flexibility index (Phi) is 2.15. The maximum absolute atomic E-state index is 13.3. The standard InChI is InChI=1S/C10H6F3NO/c11-8-6(5-1-2-15-4-5)3-7(14)9(12)10(8)13/h1-4H,14H2. The summed E-state index contributed by atoms with van der Waals surface area (Å²) in [7, 11) is 0. The van der Waals surface area contributed by atoms with E-state index in [9.17, 15) is 13.2 Å². The van der Waals surface area contributed by atoms with Crippen LogP contribution >= 0.6 is 0 Å². The Bertz CT molecular complexity index is 494. The predicted octanol–water partition coefficient (Wildman–Crippen LogP) is 2.95. The summed E-state index contributed by atoms with van der Waals surface area (Å²) in [6.45, 7) is 0. The van der Waals surface area contributed by atoms with Gasteiger partial charge in [-0.05, 0) is 12.1 Å². The molecule has 0 saturated carbocycles. The molecule has 0 aliphatic rings. The van der Waals surface area contributed by atoms with Gasteiger partial charge >= 0.3 is 0 Å². The lowest BCUT2D eigenvalue weighted by Crippen LogP contribution is -1.99. The molecule has 0 spiro atoms. The number of rotatable bonds is 1. The lowest BCUT2D eigenvalue weighted by atomic mass is 10.1. The van der Waals surface area contributed by atoms with E-state index >= 15 is 0 Å². The van der Waals surface area contributed by atoms with E-state index in [0.29, 0.717) is 5.56 Å². The molecule has 1 aromatic heterocycles. The highest BCUT2D eigenvalue weighted by Crippen LogP contribution is 2.29. The number of nitrogen functional groups attached to an aromatic ring is 1. The zero-order valence-electron chi connectivity index (χ0n) is 7.43. The highest BCUT2D eigenvalue weighted by molar-refractivity contribution is 5.67. The normalized spacial score (nSPS) is 10.6. The summed E-state index contributed by atoms with van der Waals surface area (Å²) in [5.41, 5.74) is 4.92. The highest BCUT2D eigenvalue weighted by atomic mass is 19.2.